The van der Waals surface area contributed by atoms with E-state index in [9.17, 15) is 22.4 Å². The highest BCUT2D eigenvalue weighted by atomic mass is 35.5. The molecule has 2 unspecified atom stereocenters. The van der Waals surface area contributed by atoms with E-state index in [-0.39, 0.29) is 23.1 Å². The Bertz CT molecular complexity index is 1160. The molecule has 0 aliphatic heterocycles. The number of nitrogen functional groups attached to an aromatic ring is 1. The van der Waals surface area contributed by atoms with E-state index in [1.807, 2.05) is 0 Å². The Hall–Kier alpha value is -3.44. The summed E-state index contributed by atoms with van der Waals surface area (Å²) >= 11 is 5.55. The molecule has 33 heavy (non-hydrogen) atoms. The van der Waals surface area contributed by atoms with E-state index in [2.05, 4.69) is 9.97 Å². The third-order valence-corrected chi connectivity index (χ3v) is 4.83. The Kier molecular flexibility index (Phi) is 7.04. The van der Waals surface area contributed by atoms with Crippen LogP contribution in [-0.4, -0.2) is 33.3 Å². The number of halogens is 5. The fraction of sp³-hybridized carbons (Fsp3) is 0.190. The SMILES string of the molecule is Nc1nc(OC(c2ccc(Cl)c(F)c2)C(F)(F)F)cc(-c2ccc(CC(N)C(=O)O)cc2)n1. The number of aliphatic carboxylic acids is 1. The molecule has 0 spiro atoms. The van der Waals surface area contributed by atoms with Crippen molar-refractivity contribution in [1.29, 1.82) is 0 Å². The van der Waals surface area contributed by atoms with Crippen molar-refractivity contribution in [3.63, 3.8) is 0 Å². The molecular formula is C21H17ClF4N4O3. The lowest BCUT2D eigenvalue weighted by molar-refractivity contribution is -0.198. The third-order valence-electron chi connectivity index (χ3n) is 4.52. The van der Waals surface area contributed by atoms with Crippen LogP contribution in [0.3, 0.4) is 0 Å². The molecule has 174 valence electrons. The van der Waals surface area contributed by atoms with E-state index in [1.54, 1.807) is 24.3 Å². The first-order valence-corrected chi connectivity index (χ1v) is 9.72. The van der Waals surface area contributed by atoms with Gasteiger partial charge in [-0.3, -0.25) is 4.79 Å². The molecular weight excluding hydrogens is 468 g/mol. The smallest absolute Gasteiger partial charge is 0.429 e. The molecule has 7 nitrogen and oxygen atoms in total. The van der Waals surface area contributed by atoms with Crippen LogP contribution >= 0.6 is 11.6 Å². The molecule has 0 bridgehead atoms. The summed E-state index contributed by atoms with van der Waals surface area (Å²) < 4.78 is 59.7. The lowest BCUT2D eigenvalue weighted by Gasteiger charge is -2.22. The summed E-state index contributed by atoms with van der Waals surface area (Å²) in [4.78, 5) is 18.6. The van der Waals surface area contributed by atoms with Crippen molar-refractivity contribution in [2.45, 2.75) is 24.7 Å². The summed E-state index contributed by atoms with van der Waals surface area (Å²) in [5, 5.41) is 8.57. The second-order valence-electron chi connectivity index (χ2n) is 7.01. The van der Waals surface area contributed by atoms with Gasteiger partial charge in [0.15, 0.2) is 0 Å². The maximum atomic E-state index is 13.7. The number of nitrogens with zero attached hydrogens (tertiary/aromatic N) is 2. The number of carbonyl (C=O) groups is 1. The van der Waals surface area contributed by atoms with Gasteiger partial charge in [0.25, 0.3) is 0 Å². The summed E-state index contributed by atoms with van der Waals surface area (Å²) in [6, 6.07) is 9.05. The van der Waals surface area contributed by atoms with Crippen molar-refractivity contribution in [3.05, 3.63) is 70.5 Å². The number of carboxylic acid groups (broad SMARTS) is 1. The molecule has 0 saturated heterocycles. The van der Waals surface area contributed by atoms with Gasteiger partial charge in [-0.15, -0.1) is 0 Å². The van der Waals surface area contributed by atoms with Gasteiger partial charge in [0, 0.05) is 17.2 Å². The average Bonchev–Trinajstić information content (AvgIpc) is 2.73. The molecule has 0 saturated carbocycles. The zero-order valence-electron chi connectivity index (χ0n) is 16.7. The van der Waals surface area contributed by atoms with E-state index in [1.165, 1.54) is 0 Å². The maximum Gasteiger partial charge on any atom is 0.429 e. The number of nitrogens with two attached hydrogens (primary N) is 2. The minimum absolute atomic E-state index is 0.0841. The predicted octanol–water partition coefficient (Wildman–Crippen LogP) is 4.16. The summed E-state index contributed by atoms with van der Waals surface area (Å²) in [6.45, 7) is 0. The Morgan fingerprint density at radius 3 is 2.36 bits per heavy atom. The number of rotatable bonds is 7. The van der Waals surface area contributed by atoms with Crippen molar-refractivity contribution in [2.24, 2.45) is 5.73 Å². The summed E-state index contributed by atoms with van der Waals surface area (Å²) in [5.41, 5.74) is 11.9. The number of benzene rings is 2. The lowest BCUT2D eigenvalue weighted by atomic mass is 10.0. The van der Waals surface area contributed by atoms with Crippen molar-refractivity contribution in [2.75, 3.05) is 5.73 Å². The first-order chi connectivity index (χ1) is 15.4. The molecule has 0 aliphatic rings. The van der Waals surface area contributed by atoms with Crippen LogP contribution < -0.4 is 16.2 Å². The number of aromatic nitrogens is 2. The van der Waals surface area contributed by atoms with Gasteiger partial charge in [0.1, 0.15) is 11.9 Å². The molecule has 0 aliphatic carbocycles. The molecule has 2 aromatic carbocycles. The Morgan fingerprint density at radius 2 is 1.79 bits per heavy atom. The van der Waals surface area contributed by atoms with E-state index in [0.29, 0.717) is 17.2 Å². The van der Waals surface area contributed by atoms with E-state index >= 15 is 0 Å². The molecule has 3 aromatic rings. The van der Waals surface area contributed by atoms with Crippen LogP contribution in [0.25, 0.3) is 11.3 Å². The van der Waals surface area contributed by atoms with E-state index in [0.717, 1.165) is 18.2 Å². The Morgan fingerprint density at radius 1 is 1.12 bits per heavy atom. The minimum atomic E-state index is -4.90. The molecule has 1 aromatic heterocycles. The first kappa shape index (κ1) is 24.2. The number of anilines is 1. The Balaban J connectivity index is 1.90. The van der Waals surface area contributed by atoms with Crippen LogP contribution in [0.1, 0.15) is 17.2 Å². The number of hydrogen-bond acceptors (Lipinski definition) is 6. The van der Waals surface area contributed by atoms with Crippen molar-refractivity contribution >= 4 is 23.5 Å². The van der Waals surface area contributed by atoms with Gasteiger partial charge in [-0.05, 0) is 24.1 Å². The molecule has 1 heterocycles. The van der Waals surface area contributed by atoms with Crippen molar-refractivity contribution in [1.82, 2.24) is 9.97 Å². The van der Waals surface area contributed by atoms with Gasteiger partial charge in [-0.1, -0.05) is 41.9 Å². The van der Waals surface area contributed by atoms with Gasteiger partial charge in [0.05, 0.1) is 10.7 Å². The summed E-state index contributed by atoms with van der Waals surface area (Å²) in [6.07, 6.45) is -7.35. The number of hydrogen-bond donors (Lipinski definition) is 3. The maximum absolute atomic E-state index is 13.7. The fourth-order valence-corrected chi connectivity index (χ4v) is 3.04. The predicted molar refractivity (Wildman–Crippen MR) is 112 cm³/mol. The molecule has 0 amide bonds. The van der Waals surface area contributed by atoms with Crippen LogP contribution in [0.5, 0.6) is 5.88 Å². The molecule has 3 rings (SSSR count). The monoisotopic (exact) mass is 484 g/mol. The van der Waals surface area contributed by atoms with E-state index in [4.69, 9.17) is 32.9 Å². The van der Waals surface area contributed by atoms with Crippen LogP contribution in [0.4, 0.5) is 23.5 Å². The van der Waals surface area contributed by atoms with Crippen LogP contribution in [0.15, 0.2) is 48.5 Å². The van der Waals surface area contributed by atoms with E-state index < -0.39 is 41.6 Å². The Labute approximate surface area is 190 Å². The standard InChI is InChI=1S/C21H17ClF4N4O3/c22-13-6-5-12(8-14(13)23)18(21(24,25)26)33-17-9-16(29-20(28)30-17)11-3-1-10(2-4-11)7-15(27)19(31)32/h1-6,8-9,15,18H,7,27H2,(H,31,32)(H2,28,29,30). The van der Waals surface area contributed by atoms with Crippen LogP contribution in [0, 0.1) is 5.82 Å². The van der Waals surface area contributed by atoms with Gasteiger partial charge in [-0.2, -0.15) is 18.2 Å². The zero-order chi connectivity index (χ0) is 24.3. The summed E-state index contributed by atoms with van der Waals surface area (Å²) in [7, 11) is 0. The second kappa shape index (κ2) is 9.59. The largest absolute Gasteiger partial charge is 0.480 e. The molecule has 0 fully saturated rings. The van der Waals surface area contributed by atoms with Gasteiger partial charge >= 0.3 is 12.1 Å². The lowest BCUT2D eigenvalue weighted by Crippen LogP contribution is -2.32. The van der Waals surface area contributed by atoms with Gasteiger partial charge in [0.2, 0.25) is 17.9 Å². The normalized spacial score (nSPS) is 13.4. The third kappa shape index (κ3) is 6.08. The number of alkyl halides is 3. The topological polar surface area (TPSA) is 124 Å². The minimum Gasteiger partial charge on any atom is -0.480 e. The van der Waals surface area contributed by atoms with Crippen molar-refractivity contribution in [3.8, 4) is 17.1 Å². The van der Waals surface area contributed by atoms with Crippen LogP contribution in [-0.2, 0) is 11.2 Å². The highest BCUT2D eigenvalue weighted by molar-refractivity contribution is 6.30. The van der Waals surface area contributed by atoms with Crippen LogP contribution in [0.2, 0.25) is 5.02 Å². The molecule has 2 atom stereocenters. The highest BCUT2D eigenvalue weighted by Crippen LogP contribution is 2.38. The van der Waals surface area contributed by atoms with Gasteiger partial charge < -0.3 is 21.3 Å². The summed E-state index contributed by atoms with van der Waals surface area (Å²) in [5.74, 6) is -3.00. The second-order valence-corrected chi connectivity index (χ2v) is 7.42. The zero-order valence-corrected chi connectivity index (χ0v) is 17.4. The average molecular weight is 485 g/mol. The highest BCUT2D eigenvalue weighted by Gasteiger charge is 2.43. The number of ether oxygens (including phenoxy) is 1. The molecule has 5 N–H and O–H groups in total. The first-order valence-electron chi connectivity index (χ1n) is 9.34. The van der Waals surface area contributed by atoms with Gasteiger partial charge in [-0.25, -0.2) is 9.37 Å². The number of carboxylic acids is 1. The molecule has 12 heteroatoms. The van der Waals surface area contributed by atoms with Crippen molar-refractivity contribution < 1.29 is 32.2 Å². The quantitative estimate of drug-likeness (QED) is 0.430. The molecule has 0 radical (unpaired) electrons. The fourth-order valence-electron chi connectivity index (χ4n) is 2.92.